The smallest absolute Gasteiger partial charge is 0.254 e. The maximum atomic E-state index is 12.7. The fourth-order valence-electron chi connectivity index (χ4n) is 3.07. The summed E-state index contributed by atoms with van der Waals surface area (Å²) in [7, 11) is 0. The van der Waals surface area contributed by atoms with Gasteiger partial charge in [0.2, 0.25) is 5.91 Å². The number of nitrogens with one attached hydrogen (secondary N) is 2. The van der Waals surface area contributed by atoms with Crippen molar-refractivity contribution in [3.05, 3.63) is 16.0 Å². The molecule has 1 saturated carbocycles. The summed E-state index contributed by atoms with van der Waals surface area (Å²) in [6.45, 7) is 4.71. The Labute approximate surface area is 146 Å². The third kappa shape index (κ3) is 3.53. The molecule has 1 atom stereocenters. The Morgan fingerprint density at radius 1 is 1.25 bits per heavy atom. The van der Waals surface area contributed by atoms with Crippen molar-refractivity contribution in [1.29, 1.82) is 0 Å². The minimum absolute atomic E-state index is 0.0308. The summed E-state index contributed by atoms with van der Waals surface area (Å²) in [4.78, 5) is 37.8. The SMILES string of the molecule is CCCCNC(=O)c1c(NC(=O)C2CC2)sc2c1CC(C)CC2=O. The standard InChI is InChI=1S/C18H24N2O3S/c1-3-4-7-19-17(23)14-12-8-10(2)9-13(21)15(12)24-18(14)20-16(22)11-5-6-11/h10-11H,3-9H2,1-2H3,(H,19,23)(H,20,22). The first-order chi connectivity index (χ1) is 11.5. The van der Waals surface area contributed by atoms with E-state index in [1.807, 2.05) is 6.92 Å². The molecule has 1 unspecified atom stereocenters. The number of rotatable bonds is 6. The molecule has 1 heterocycles. The van der Waals surface area contributed by atoms with Crippen molar-refractivity contribution in [2.24, 2.45) is 11.8 Å². The summed E-state index contributed by atoms with van der Waals surface area (Å²) in [6.07, 6.45) is 4.96. The van der Waals surface area contributed by atoms with Crippen LogP contribution >= 0.6 is 11.3 Å². The average molecular weight is 348 g/mol. The van der Waals surface area contributed by atoms with E-state index in [-0.39, 0.29) is 29.4 Å². The van der Waals surface area contributed by atoms with E-state index in [0.717, 1.165) is 31.2 Å². The number of Topliss-reactive ketones (excluding diaryl/α,β-unsaturated/α-hetero) is 1. The van der Waals surface area contributed by atoms with E-state index in [1.165, 1.54) is 11.3 Å². The Hall–Kier alpha value is -1.69. The van der Waals surface area contributed by atoms with Crippen LogP contribution in [0.3, 0.4) is 0 Å². The van der Waals surface area contributed by atoms with E-state index in [0.29, 0.717) is 34.8 Å². The molecule has 2 aliphatic carbocycles. The normalized spacial score (nSPS) is 19.8. The van der Waals surface area contributed by atoms with Gasteiger partial charge in [-0.15, -0.1) is 11.3 Å². The molecule has 0 radical (unpaired) electrons. The number of carbonyl (C=O) groups excluding carboxylic acids is 3. The summed E-state index contributed by atoms with van der Waals surface area (Å²) < 4.78 is 0. The fourth-order valence-corrected chi connectivity index (χ4v) is 4.25. The van der Waals surface area contributed by atoms with Crippen LogP contribution in [0.15, 0.2) is 0 Å². The molecule has 0 spiro atoms. The summed E-state index contributed by atoms with van der Waals surface area (Å²) in [5.74, 6) is 0.178. The summed E-state index contributed by atoms with van der Waals surface area (Å²) in [6, 6.07) is 0. The third-order valence-electron chi connectivity index (χ3n) is 4.57. The maximum Gasteiger partial charge on any atom is 0.254 e. The lowest BCUT2D eigenvalue weighted by molar-refractivity contribution is -0.117. The number of hydrogen-bond acceptors (Lipinski definition) is 4. The first-order valence-electron chi connectivity index (χ1n) is 8.79. The van der Waals surface area contributed by atoms with Crippen LogP contribution in [0.2, 0.25) is 0 Å². The first-order valence-corrected chi connectivity index (χ1v) is 9.60. The highest BCUT2D eigenvalue weighted by atomic mass is 32.1. The van der Waals surface area contributed by atoms with E-state index < -0.39 is 0 Å². The van der Waals surface area contributed by atoms with Crippen LogP contribution in [0.25, 0.3) is 0 Å². The number of thiophene rings is 1. The number of fused-ring (bicyclic) bond motifs is 1. The minimum atomic E-state index is -0.172. The summed E-state index contributed by atoms with van der Waals surface area (Å²) >= 11 is 1.27. The first kappa shape index (κ1) is 17.1. The van der Waals surface area contributed by atoms with Gasteiger partial charge in [-0.05, 0) is 37.2 Å². The zero-order valence-electron chi connectivity index (χ0n) is 14.2. The van der Waals surface area contributed by atoms with Crippen LogP contribution in [-0.2, 0) is 11.2 Å². The van der Waals surface area contributed by atoms with Gasteiger partial charge in [-0.1, -0.05) is 20.3 Å². The van der Waals surface area contributed by atoms with Crippen LogP contribution in [0.4, 0.5) is 5.00 Å². The monoisotopic (exact) mass is 348 g/mol. The van der Waals surface area contributed by atoms with Gasteiger partial charge in [0.15, 0.2) is 5.78 Å². The molecule has 0 aliphatic heterocycles. The van der Waals surface area contributed by atoms with Gasteiger partial charge in [-0.2, -0.15) is 0 Å². The second-order valence-corrected chi connectivity index (χ2v) is 7.94. The summed E-state index contributed by atoms with van der Waals surface area (Å²) in [5.41, 5.74) is 1.34. The van der Waals surface area contributed by atoms with Crippen LogP contribution in [0.5, 0.6) is 0 Å². The zero-order valence-corrected chi connectivity index (χ0v) is 15.1. The second-order valence-electron chi connectivity index (χ2n) is 6.92. The van der Waals surface area contributed by atoms with Gasteiger partial charge in [-0.3, -0.25) is 14.4 Å². The number of carbonyl (C=O) groups is 3. The Balaban J connectivity index is 1.91. The summed E-state index contributed by atoms with van der Waals surface area (Å²) in [5, 5.41) is 6.38. The van der Waals surface area contributed by atoms with Crippen molar-refractivity contribution in [1.82, 2.24) is 5.32 Å². The molecule has 1 aromatic rings. The van der Waals surface area contributed by atoms with Crippen molar-refractivity contribution in [2.75, 3.05) is 11.9 Å². The molecule has 5 nitrogen and oxygen atoms in total. The highest BCUT2D eigenvalue weighted by Gasteiger charge is 2.35. The van der Waals surface area contributed by atoms with Crippen molar-refractivity contribution in [3.63, 3.8) is 0 Å². The molecule has 2 aliphatic rings. The lowest BCUT2D eigenvalue weighted by Gasteiger charge is -2.18. The van der Waals surface area contributed by atoms with E-state index in [1.54, 1.807) is 0 Å². The highest BCUT2D eigenvalue weighted by molar-refractivity contribution is 7.18. The van der Waals surface area contributed by atoms with Gasteiger partial charge in [0, 0.05) is 18.9 Å². The van der Waals surface area contributed by atoms with Crippen molar-refractivity contribution in [3.8, 4) is 0 Å². The number of anilines is 1. The molecule has 130 valence electrons. The number of hydrogen-bond donors (Lipinski definition) is 2. The van der Waals surface area contributed by atoms with Crippen molar-refractivity contribution in [2.45, 2.75) is 52.4 Å². The topological polar surface area (TPSA) is 75.3 Å². The Morgan fingerprint density at radius 3 is 2.67 bits per heavy atom. The lowest BCUT2D eigenvalue weighted by Crippen LogP contribution is -2.28. The largest absolute Gasteiger partial charge is 0.352 e. The number of unbranched alkanes of at least 4 members (excludes halogenated alkanes) is 1. The molecule has 6 heteroatoms. The molecular weight excluding hydrogens is 324 g/mol. The second kappa shape index (κ2) is 7.05. The van der Waals surface area contributed by atoms with Gasteiger partial charge >= 0.3 is 0 Å². The molecular formula is C18H24N2O3S. The highest BCUT2D eigenvalue weighted by Crippen LogP contribution is 2.40. The Bertz CT molecular complexity index is 676. The molecule has 0 bridgehead atoms. The molecule has 2 amide bonds. The molecule has 1 aromatic heterocycles. The van der Waals surface area contributed by atoms with E-state index in [4.69, 9.17) is 0 Å². The molecule has 0 aromatic carbocycles. The van der Waals surface area contributed by atoms with Gasteiger partial charge in [-0.25, -0.2) is 0 Å². The predicted molar refractivity (Wildman–Crippen MR) is 94.7 cm³/mol. The lowest BCUT2D eigenvalue weighted by atomic mass is 9.87. The van der Waals surface area contributed by atoms with Gasteiger partial charge in [0.05, 0.1) is 10.4 Å². The van der Waals surface area contributed by atoms with Gasteiger partial charge in [0.25, 0.3) is 5.91 Å². The number of ketones is 1. The van der Waals surface area contributed by atoms with Crippen molar-refractivity contribution < 1.29 is 14.4 Å². The van der Waals surface area contributed by atoms with Gasteiger partial charge < -0.3 is 10.6 Å². The molecule has 2 N–H and O–H groups in total. The quantitative estimate of drug-likeness (QED) is 0.774. The van der Waals surface area contributed by atoms with Crippen LogP contribution in [-0.4, -0.2) is 24.1 Å². The minimum Gasteiger partial charge on any atom is -0.352 e. The molecule has 0 saturated heterocycles. The van der Waals surface area contributed by atoms with E-state index >= 15 is 0 Å². The average Bonchev–Trinajstić information content (AvgIpc) is 3.30. The van der Waals surface area contributed by atoms with Crippen LogP contribution < -0.4 is 10.6 Å². The Morgan fingerprint density at radius 2 is 2.00 bits per heavy atom. The molecule has 1 fully saturated rings. The molecule has 3 rings (SSSR count). The van der Waals surface area contributed by atoms with Crippen LogP contribution in [0, 0.1) is 11.8 Å². The van der Waals surface area contributed by atoms with E-state index in [9.17, 15) is 14.4 Å². The van der Waals surface area contributed by atoms with Crippen molar-refractivity contribution >= 4 is 33.9 Å². The fraction of sp³-hybridized carbons (Fsp3) is 0.611. The predicted octanol–water partition coefficient (Wildman–Crippen LogP) is 3.39. The van der Waals surface area contributed by atoms with E-state index in [2.05, 4.69) is 17.6 Å². The molecule has 24 heavy (non-hydrogen) atoms. The van der Waals surface area contributed by atoms with Gasteiger partial charge in [0.1, 0.15) is 5.00 Å². The third-order valence-corrected chi connectivity index (χ3v) is 5.76. The number of amides is 2. The maximum absolute atomic E-state index is 12.7. The Kier molecular flexibility index (Phi) is 5.04. The van der Waals surface area contributed by atoms with Crippen LogP contribution in [0.1, 0.15) is 71.5 Å². The zero-order chi connectivity index (χ0) is 17.3.